The number of halogens is 1. The van der Waals surface area contributed by atoms with Gasteiger partial charge in [0.05, 0.1) is 0 Å². The summed E-state index contributed by atoms with van der Waals surface area (Å²) in [7, 11) is 0. The van der Waals surface area contributed by atoms with Crippen LogP contribution in [-0.2, 0) is 4.79 Å². The Morgan fingerprint density at radius 2 is 2.23 bits per heavy atom. The number of amides is 3. The first-order valence-electron chi connectivity index (χ1n) is 4.24. The molecule has 74 valence electrons. The van der Waals surface area contributed by atoms with Crippen LogP contribution in [0.5, 0.6) is 0 Å². The summed E-state index contributed by atoms with van der Waals surface area (Å²) in [5, 5.41) is 2.29. The predicted octanol–water partition coefficient (Wildman–Crippen LogP) is 0.958. The molecule has 1 atom stereocenters. The monoisotopic (exact) mass is 248 g/mol. The molecule has 0 spiro atoms. The lowest BCUT2D eigenvalue weighted by Gasteiger charge is -2.30. The van der Waals surface area contributed by atoms with Crippen LogP contribution in [0.4, 0.5) is 4.79 Å². The van der Waals surface area contributed by atoms with Gasteiger partial charge in [0.25, 0.3) is 0 Å². The molecule has 0 aliphatic carbocycles. The van der Waals surface area contributed by atoms with Gasteiger partial charge in [-0.1, -0.05) is 29.8 Å². The Bertz CT molecular complexity index is 230. The van der Waals surface area contributed by atoms with E-state index in [0.29, 0.717) is 19.0 Å². The fourth-order valence-corrected chi connectivity index (χ4v) is 1.68. The zero-order chi connectivity index (χ0) is 10.0. The lowest BCUT2D eigenvalue weighted by molar-refractivity contribution is -0.120. The van der Waals surface area contributed by atoms with Gasteiger partial charge in [-0.3, -0.25) is 10.1 Å². The van der Waals surface area contributed by atoms with Gasteiger partial charge in [-0.2, -0.15) is 0 Å². The number of nitrogens with one attached hydrogen (secondary N) is 1. The van der Waals surface area contributed by atoms with Crippen molar-refractivity contribution in [1.82, 2.24) is 10.2 Å². The number of rotatable bonds is 2. The summed E-state index contributed by atoms with van der Waals surface area (Å²) in [5.74, 6) is 0.170. The fourth-order valence-electron chi connectivity index (χ4n) is 1.22. The number of hydrogen-bond acceptors (Lipinski definition) is 2. The van der Waals surface area contributed by atoms with E-state index in [4.69, 9.17) is 0 Å². The molecule has 1 rings (SSSR count). The lowest BCUT2D eigenvalue weighted by atomic mass is 10.2. The molecule has 1 fully saturated rings. The molecule has 0 saturated carbocycles. The number of alkyl halides is 1. The first kappa shape index (κ1) is 10.5. The van der Waals surface area contributed by atoms with Gasteiger partial charge >= 0.3 is 6.03 Å². The lowest BCUT2D eigenvalue weighted by Crippen LogP contribution is -2.55. The largest absolute Gasteiger partial charge is 0.324 e. The first-order chi connectivity index (χ1) is 6.00. The van der Waals surface area contributed by atoms with Gasteiger partial charge in [0.15, 0.2) is 0 Å². The van der Waals surface area contributed by atoms with Crippen molar-refractivity contribution in [3.8, 4) is 0 Å². The third-order valence-electron chi connectivity index (χ3n) is 1.77. The van der Waals surface area contributed by atoms with Crippen molar-refractivity contribution in [3.05, 3.63) is 0 Å². The van der Waals surface area contributed by atoms with Crippen molar-refractivity contribution in [3.63, 3.8) is 0 Å². The Labute approximate surface area is 85.8 Å². The van der Waals surface area contributed by atoms with Crippen LogP contribution in [0, 0.1) is 5.92 Å². The SMILES string of the molecule is CC(C)CN1CC(Br)C(=O)NC1=O. The summed E-state index contributed by atoms with van der Waals surface area (Å²) in [6, 6.07) is -0.283. The molecular formula is C8H13BrN2O2. The van der Waals surface area contributed by atoms with Crippen molar-refractivity contribution in [2.45, 2.75) is 18.7 Å². The van der Waals surface area contributed by atoms with Gasteiger partial charge < -0.3 is 4.90 Å². The van der Waals surface area contributed by atoms with Crippen LogP contribution in [0.1, 0.15) is 13.8 Å². The molecule has 0 radical (unpaired) electrons. The maximum Gasteiger partial charge on any atom is 0.324 e. The molecule has 3 amide bonds. The third-order valence-corrected chi connectivity index (χ3v) is 2.47. The second-order valence-corrected chi connectivity index (χ2v) is 4.67. The van der Waals surface area contributed by atoms with Gasteiger partial charge in [0.2, 0.25) is 5.91 Å². The van der Waals surface area contributed by atoms with Crippen LogP contribution in [0.15, 0.2) is 0 Å². The molecule has 4 nitrogen and oxygen atoms in total. The third kappa shape index (κ3) is 2.69. The maximum absolute atomic E-state index is 11.3. The van der Waals surface area contributed by atoms with Crippen molar-refractivity contribution in [2.75, 3.05) is 13.1 Å². The van der Waals surface area contributed by atoms with Crippen molar-refractivity contribution in [2.24, 2.45) is 5.92 Å². The molecule has 13 heavy (non-hydrogen) atoms. The molecule has 1 N–H and O–H groups in total. The van der Waals surface area contributed by atoms with Crippen LogP contribution in [0.2, 0.25) is 0 Å². The molecule has 5 heteroatoms. The molecule has 1 saturated heterocycles. The van der Waals surface area contributed by atoms with Crippen molar-refractivity contribution < 1.29 is 9.59 Å². The summed E-state index contributed by atoms with van der Waals surface area (Å²) in [4.78, 5) is 23.7. The molecule has 1 aliphatic heterocycles. The molecule has 0 aromatic carbocycles. The van der Waals surface area contributed by atoms with Crippen molar-refractivity contribution >= 4 is 27.9 Å². The van der Waals surface area contributed by atoms with E-state index in [2.05, 4.69) is 21.2 Å². The van der Waals surface area contributed by atoms with Crippen LogP contribution in [0.25, 0.3) is 0 Å². The van der Waals surface area contributed by atoms with E-state index in [-0.39, 0.29) is 16.8 Å². The number of hydrogen-bond donors (Lipinski definition) is 1. The molecule has 0 aromatic heterocycles. The van der Waals surface area contributed by atoms with Gasteiger partial charge in [0.1, 0.15) is 4.83 Å². The standard InChI is InChI=1S/C8H13BrN2O2/c1-5(2)3-11-4-6(9)7(12)10-8(11)13/h5-6H,3-4H2,1-2H3,(H,10,12,13). The van der Waals surface area contributed by atoms with Crippen molar-refractivity contribution in [1.29, 1.82) is 0 Å². The van der Waals surface area contributed by atoms with E-state index in [9.17, 15) is 9.59 Å². The number of imide groups is 1. The fraction of sp³-hybridized carbons (Fsp3) is 0.750. The number of urea groups is 1. The van der Waals surface area contributed by atoms with Gasteiger partial charge in [-0.05, 0) is 5.92 Å². The average Bonchev–Trinajstić information content (AvgIpc) is 1.99. The Kier molecular flexibility index (Phi) is 3.30. The molecular weight excluding hydrogens is 236 g/mol. The van der Waals surface area contributed by atoms with Crippen LogP contribution >= 0.6 is 15.9 Å². The summed E-state index contributed by atoms with van der Waals surface area (Å²) < 4.78 is 0. The van der Waals surface area contributed by atoms with E-state index in [1.54, 1.807) is 4.90 Å². The minimum atomic E-state index is -0.283. The summed E-state index contributed by atoms with van der Waals surface area (Å²) in [6.07, 6.45) is 0. The van der Waals surface area contributed by atoms with Crippen LogP contribution in [0.3, 0.4) is 0 Å². The zero-order valence-corrected chi connectivity index (χ0v) is 9.30. The predicted molar refractivity (Wildman–Crippen MR) is 52.7 cm³/mol. The highest BCUT2D eigenvalue weighted by Crippen LogP contribution is 2.10. The summed E-state index contributed by atoms with van der Waals surface area (Å²) >= 11 is 3.21. The summed E-state index contributed by atoms with van der Waals surface area (Å²) in [6.45, 7) is 5.21. The van der Waals surface area contributed by atoms with Crippen LogP contribution < -0.4 is 5.32 Å². The Balaban J connectivity index is 2.56. The number of carbonyl (C=O) groups is 2. The first-order valence-corrected chi connectivity index (χ1v) is 5.16. The average molecular weight is 249 g/mol. The van der Waals surface area contributed by atoms with Crippen LogP contribution in [-0.4, -0.2) is 34.8 Å². The minimum absolute atomic E-state index is 0.245. The van der Waals surface area contributed by atoms with E-state index in [1.807, 2.05) is 13.8 Å². The van der Waals surface area contributed by atoms with Gasteiger partial charge in [0, 0.05) is 13.1 Å². The van der Waals surface area contributed by atoms with E-state index < -0.39 is 0 Å². The Hall–Kier alpha value is -0.580. The molecule has 0 aromatic rings. The zero-order valence-electron chi connectivity index (χ0n) is 7.71. The van der Waals surface area contributed by atoms with Gasteiger partial charge in [-0.15, -0.1) is 0 Å². The minimum Gasteiger partial charge on any atom is -0.323 e. The highest BCUT2D eigenvalue weighted by atomic mass is 79.9. The topological polar surface area (TPSA) is 49.4 Å². The van der Waals surface area contributed by atoms with E-state index in [1.165, 1.54) is 0 Å². The van der Waals surface area contributed by atoms with E-state index in [0.717, 1.165) is 0 Å². The number of nitrogens with zero attached hydrogens (tertiary/aromatic N) is 1. The second kappa shape index (κ2) is 4.09. The Morgan fingerprint density at radius 1 is 1.62 bits per heavy atom. The van der Waals surface area contributed by atoms with E-state index >= 15 is 0 Å². The number of carbonyl (C=O) groups excluding carboxylic acids is 2. The molecule has 1 heterocycles. The quantitative estimate of drug-likeness (QED) is 0.741. The molecule has 0 bridgehead atoms. The van der Waals surface area contributed by atoms with Gasteiger partial charge in [-0.25, -0.2) is 4.79 Å². The highest BCUT2D eigenvalue weighted by Gasteiger charge is 2.30. The second-order valence-electron chi connectivity index (χ2n) is 3.56. The Morgan fingerprint density at radius 3 is 2.77 bits per heavy atom. The smallest absolute Gasteiger partial charge is 0.323 e. The highest BCUT2D eigenvalue weighted by molar-refractivity contribution is 9.10. The summed E-state index contributed by atoms with van der Waals surface area (Å²) in [5.41, 5.74) is 0. The normalized spacial score (nSPS) is 23.7. The maximum atomic E-state index is 11.3. The molecule has 1 unspecified atom stereocenters. The molecule has 1 aliphatic rings.